The van der Waals surface area contributed by atoms with Crippen LogP contribution in [0.2, 0.25) is 0 Å². The number of hydrogen-bond acceptors (Lipinski definition) is 14. The van der Waals surface area contributed by atoms with Crippen molar-refractivity contribution in [1.29, 1.82) is 0 Å². The van der Waals surface area contributed by atoms with Crippen molar-refractivity contribution in [3.63, 3.8) is 0 Å². The van der Waals surface area contributed by atoms with Crippen LogP contribution in [0.4, 0.5) is 0 Å². The summed E-state index contributed by atoms with van der Waals surface area (Å²) in [6.07, 6.45) is -10.6. The molecule has 356 valence electrons. The number of benzene rings is 3. The number of fused-ring (bicyclic) bond motifs is 5. The number of hydrogen-bond donors (Lipinski definition) is 3. The van der Waals surface area contributed by atoms with Gasteiger partial charge in [0.2, 0.25) is 0 Å². The number of aliphatic hydroxyl groups is 3. The van der Waals surface area contributed by atoms with E-state index in [0.717, 1.165) is 13.8 Å². The van der Waals surface area contributed by atoms with E-state index < -0.39 is 107 Å². The minimum Gasteiger partial charge on any atom is -0.456 e. The second-order valence-corrected chi connectivity index (χ2v) is 17.9. The first-order valence-electron chi connectivity index (χ1n) is 21.9. The lowest BCUT2D eigenvalue weighted by atomic mass is 9.44. The average Bonchev–Trinajstić information content (AvgIpc) is 3.30. The number of Topliss-reactive ketones (excluding diaryl/α,β-unsaturated/α-hetero) is 2. The third kappa shape index (κ3) is 9.50. The maximum Gasteiger partial charge on any atom is 0.338 e. The molecular formula is C53H60O14. The van der Waals surface area contributed by atoms with E-state index in [4.69, 9.17) is 23.7 Å². The Morgan fingerprint density at radius 1 is 0.836 bits per heavy atom. The van der Waals surface area contributed by atoms with E-state index in [1.54, 1.807) is 92.7 Å². The molecule has 0 amide bonds. The molecule has 2 saturated carbocycles. The van der Waals surface area contributed by atoms with Gasteiger partial charge in [-0.3, -0.25) is 19.2 Å². The van der Waals surface area contributed by atoms with E-state index in [1.807, 2.05) is 0 Å². The smallest absolute Gasteiger partial charge is 0.338 e. The molecule has 3 aromatic rings. The van der Waals surface area contributed by atoms with Crippen LogP contribution in [0.3, 0.4) is 0 Å². The van der Waals surface area contributed by atoms with Crippen LogP contribution in [-0.2, 0) is 42.9 Å². The first kappa shape index (κ1) is 51.7. The van der Waals surface area contributed by atoms with Crippen LogP contribution < -0.4 is 0 Å². The maximum atomic E-state index is 15.5. The standard InChI is InChI=1S/C48H52O14.C3H4.C2H4/c1-26-34(60-44(56)38(53)32(29-16-10-7-11-17-29)22-33(51)30-18-12-8-13-19-30)24-48(57)42(61-43(55)31-20-14-9-15-21-31)40-46(6,35(52)23-36-47(40,25-58-36)62-28(3)50)41(54)39(59-27(2)49)37(26)45(48,4)5;1-3-2;1-2/h7-21,32,34-36,38-40,42,52-53,57H,22-25H2,1-6H3;1-2H2;1-2H2/t32-,34-,35-,36+,38+,39+,40-,42-,46+,47-,48+;;/m0../s1. The van der Waals surface area contributed by atoms with Gasteiger partial charge in [-0.05, 0) is 42.7 Å². The Hall–Kier alpha value is -6.28. The van der Waals surface area contributed by atoms with Crippen molar-refractivity contribution in [2.45, 2.75) is 115 Å². The molecule has 2 bridgehead atoms. The zero-order valence-electron chi connectivity index (χ0n) is 38.8. The molecule has 1 aliphatic heterocycles. The first-order chi connectivity index (χ1) is 31.7. The van der Waals surface area contributed by atoms with Gasteiger partial charge in [-0.2, -0.15) is 0 Å². The van der Waals surface area contributed by atoms with Crippen LogP contribution in [0, 0.1) is 16.7 Å². The molecule has 1 heterocycles. The first-order valence-corrected chi connectivity index (χ1v) is 21.9. The van der Waals surface area contributed by atoms with E-state index in [0.29, 0.717) is 11.1 Å². The molecule has 0 radical (unpaired) electrons. The van der Waals surface area contributed by atoms with Crippen LogP contribution in [-0.4, -0.2) is 105 Å². The molecule has 3 N–H and O–H groups in total. The zero-order chi connectivity index (χ0) is 49.6. The van der Waals surface area contributed by atoms with E-state index in [9.17, 15) is 39.3 Å². The highest BCUT2D eigenvalue weighted by Crippen LogP contribution is 2.64. The highest BCUT2D eigenvalue weighted by atomic mass is 16.6. The third-order valence-electron chi connectivity index (χ3n) is 13.8. The Bertz CT molecular complexity index is 2390. The molecule has 7 rings (SSSR count). The number of rotatable bonds is 11. The summed E-state index contributed by atoms with van der Waals surface area (Å²) < 4.78 is 30.3. The van der Waals surface area contributed by atoms with Gasteiger partial charge in [0.1, 0.15) is 23.9 Å². The SMILES string of the molecule is C=C.C=C=C.CC(=O)O[C@H]1C(=O)[C@@]2(C)[C@H]([C@H](OC(=O)c3ccccc3)[C@]3(O)C[C@H](OC(=O)[C@H](O)[C@@H](CC(=O)c4ccccc4)c4ccccc4)C(C)=C1C3(C)C)[C@]1(OC(C)=O)CO[C@@H]1C[C@@H]2O. The summed E-state index contributed by atoms with van der Waals surface area (Å²) in [5.41, 5.74) is -4.46. The summed E-state index contributed by atoms with van der Waals surface area (Å²) in [7, 11) is 0. The quantitative estimate of drug-likeness (QED) is 0.0627. The van der Waals surface area contributed by atoms with Crippen LogP contribution in [0.5, 0.6) is 0 Å². The third-order valence-corrected chi connectivity index (χ3v) is 13.8. The van der Waals surface area contributed by atoms with Crippen molar-refractivity contribution >= 4 is 35.4 Å². The minimum absolute atomic E-state index is 0.0127. The van der Waals surface area contributed by atoms with E-state index in [-0.39, 0.29) is 41.9 Å². The summed E-state index contributed by atoms with van der Waals surface area (Å²) in [5, 5.41) is 37.6. The lowest BCUT2D eigenvalue weighted by molar-refractivity contribution is -0.346. The zero-order valence-corrected chi connectivity index (χ0v) is 38.8. The van der Waals surface area contributed by atoms with E-state index in [1.165, 1.54) is 26.0 Å². The minimum atomic E-state index is -2.38. The van der Waals surface area contributed by atoms with Gasteiger partial charge in [0, 0.05) is 50.0 Å². The fourth-order valence-electron chi connectivity index (χ4n) is 10.4. The monoisotopic (exact) mass is 920 g/mol. The molecule has 67 heavy (non-hydrogen) atoms. The number of ketones is 2. The van der Waals surface area contributed by atoms with Gasteiger partial charge in [0.25, 0.3) is 0 Å². The number of ether oxygens (including phenoxy) is 5. The normalized spacial score (nSPS) is 29.7. The van der Waals surface area contributed by atoms with Crippen molar-refractivity contribution < 1.29 is 67.8 Å². The molecular weight excluding hydrogens is 861 g/mol. The van der Waals surface area contributed by atoms with Gasteiger partial charge in [0.15, 0.2) is 29.4 Å². The Kier molecular flexibility index (Phi) is 16.0. The molecule has 1 saturated heterocycles. The molecule has 3 aromatic carbocycles. The van der Waals surface area contributed by atoms with Crippen molar-refractivity contribution in [2.24, 2.45) is 16.7 Å². The summed E-state index contributed by atoms with van der Waals surface area (Å²) >= 11 is 0. The molecule has 3 fully saturated rings. The molecule has 14 heteroatoms. The van der Waals surface area contributed by atoms with Gasteiger partial charge in [-0.25, -0.2) is 9.59 Å². The summed E-state index contributed by atoms with van der Waals surface area (Å²) in [6.45, 7) is 20.3. The summed E-state index contributed by atoms with van der Waals surface area (Å²) in [4.78, 5) is 83.6. The van der Waals surface area contributed by atoms with Gasteiger partial charge in [-0.1, -0.05) is 106 Å². The summed E-state index contributed by atoms with van der Waals surface area (Å²) in [6, 6.07) is 24.8. The van der Waals surface area contributed by atoms with E-state index >= 15 is 4.79 Å². The molecule has 11 atom stereocenters. The van der Waals surface area contributed by atoms with E-state index in [2.05, 4.69) is 32.0 Å². The Morgan fingerprint density at radius 3 is 1.88 bits per heavy atom. The van der Waals surface area contributed by atoms with Crippen LogP contribution in [0.1, 0.15) is 93.0 Å². The average molecular weight is 921 g/mol. The van der Waals surface area contributed by atoms with Crippen molar-refractivity contribution in [2.75, 3.05) is 6.61 Å². The predicted octanol–water partition coefficient (Wildman–Crippen LogP) is 6.38. The molecule has 4 aliphatic rings. The molecule has 3 aliphatic carbocycles. The fraction of sp³-hybridized carbons (Fsp3) is 0.415. The second kappa shape index (κ2) is 20.7. The van der Waals surface area contributed by atoms with Crippen LogP contribution >= 0.6 is 0 Å². The largest absolute Gasteiger partial charge is 0.456 e. The number of carbonyl (C=O) groups excluding carboxylic acids is 6. The van der Waals surface area contributed by atoms with Gasteiger partial charge < -0.3 is 39.0 Å². The van der Waals surface area contributed by atoms with Crippen molar-refractivity contribution in [1.82, 2.24) is 0 Å². The Morgan fingerprint density at radius 2 is 1.37 bits per heavy atom. The second-order valence-electron chi connectivity index (χ2n) is 17.9. The summed E-state index contributed by atoms with van der Waals surface area (Å²) in [5.74, 6) is -7.57. The topological polar surface area (TPSA) is 209 Å². The van der Waals surface area contributed by atoms with Crippen LogP contribution in [0.15, 0.2) is 134 Å². The highest BCUT2D eigenvalue weighted by molar-refractivity contribution is 5.97. The Labute approximate surface area is 390 Å². The van der Waals surface area contributed by atoms with Gasteiger partial charge >= 0.3 is 23.9 Å². The van der Waals surface area contributed by atoms with Gasteiger partial charge in [0.05, 0.1) is 29.6 Å². The lowest BCUT2D eigenvalue weighted by Gasteiger charge is -2.67. The molecule has 0 unspecified atom stereocenters. The Balaban J connectivity index is 0.00000161. The molecule has 0 aromatic heterocycles. The highest BCUT2D eigenvalue weighted by Gasteiger charge is 2.78. The fourth-order valence-corrected chi connectivity index (χ4v) is 10.4. The maximum absolute atomic E-state index is 15.5. The van der Waals surface area contributed by atoms with Crippen molar-refractivity contribution in [3.05, 3.63) is 151 Å². The molecule has 0 spiro atoms. The number of carbonyl (C=O) groups is 6. The number of esters is 4. The van der Waals surface area contributed by atoms with Crippen molar-refractivity contribution in [3.8, 4) is 0 Å². The van der Waals surface area contributed by atoms with Gasteiger partial charge in [-0.15, -0.1) is 18.9 Å². The number of aliphatic hydroxyl groups excluding tert-OH is 2. The molecule has 14 nitrogen and oxygen atoms in total. The lowest BCUT2D eigenvalue weighted by Crippen LogP contribution is -2.82. The van der Waals surface area contributed by atoms with Crippen LogP contribution in [0.25, 0.3) is 0 Å². The predicted molar refractivity (Wildman–Crippen MR) is 245 cm³/mol.